The van der Waals surface area contributed by atoms with E-state index in [-0.39, 0.29) is 5.82 Å². The molecule has 0 fully saturated rings. The highest BCUT2D eigenvalue weighted by molar-refractivity contribution is 7.13. The molecule has 29 heavy (non-hydrogen) atoms. The zero-order chi connectivity index (χ0) is 20.4. The molecule has 10 heteroatoms. The van der Waals surface area contributed by atoms with Crippen LogP contribution >= 0.6 is 22.9 Å². The van der Waals surface area contributed by atoms with Gasteiger partial charge in [0.15, 0.2) is 10.9 Å². The molecule has 1 aromatic carbocycles. The van der Waals surface area contributed by atoms with E-state index in [0.29, 0.717) is 23.7 Å². The quantitative estimate of drug-likeness (QED) is 0.663. The molecule has 4 rings (SSSR count). The molecule has 1 aliphatic heterocycles. The van der Waals surface area contributed by atoms with Crippen molar-refractivity contribution in [1.29, 1.82) is 0 Å². The topological polar surface area (TPSA) is 71.0 Å². The summed E-state index contributed by atoms with van der Waals surface area (Å²) in [6, 6.07) is 3.21. The minimum absolute atomic E-state index is 0.0747. The summed E-state index contributed by atoms with van der Waals surface area (Å²) >= 11 is 7.94. The first-order chi connectivity index (χ1) is 14.0. The van der Waals surface area contributed by atoms with Gasteiger partial charge in [0.2, 0.25) is 0 Å². The van der Waals surface area contributed by atoms with Gasteiger partial charge in [-0.3, -0.25) is 9.78 Å². The van der Waals surface area contributed by atoms with Crippen LogP contribution in [0.4, 0.5) is 19.7 Å². The van der Waals surface area contributed by atoms with E-state index in [9.17, 15) is 13.6 Å². The standard InChI is InChI=1S/C19H14ClF2N5OS/c20-12-4-6-27(19-23-5-7-29-19)10-11(12)15-8-25-16(9-24-15)26-18(28)17-13(21)2-1-3-14(17)22/h1-3,5,7-9H,4,6,10H2,(H,25,26,28). The first-order valence-electron chi connectivity index (χ1n) is 8.62. The molecule has 0 bridgehead atoms. The molecule has 6 nitrogen and oxygen atoms in total. The highest BCUT2D eigenvalue weighted by Gasteiger charge is 2.22. The lowest BCUT2D eigenvalue weighted by Gasteiger charge is -2.28. The number of thiazole rings is 1. The van der Waals surface area contributed by atoms with Crippen LogP contribution in [-0.4, -0.2) is 33.9 Å². The maximum Gasteiger partial charge on any atom is 0.262 e. The van der Waals surface area contributed by atoms with Crippen LogP contribution < -0.4 is 10.2 Å². The van der Waals surface area contributed by atoms with Crippen molar-refractivity contribution in [3.05, 3.63) is 70.1 Å². The third-order valence-corrected chi connectivity index (χ3v) is 5.61. The number of rotatable bonds is 4. The highest BCUT2D eigenvalue weighted by Crippen LogP contribution is 2.31. The molecule has 0 saturated heterocycles. The van der Waals surface area contributed by atoms with Gasteiger partial charge in [-0.1, -0.05) is 17.7 Å². The second-order valence-corrected chi connectivity index (χ2v) is 7.54. The minimum Gasteiger partial charge on any atom is -0.343 e. The Morgan fingerprint density at radius 2 is 1.97 bits per heavy atom. The van der Waals surface area contributed by atoms with Crippen LogP contribution in [0.2, 0.25) is 0 Å². The van der Waals surface area contributed by atoms with Crippen molar-refractivity contribution in [2.75, 3.05) is 23.3 Å². The molecular formula is C19H14ClF2N5OS. The van der Waals surface area contributed by atoms with Gasteiger partial charge in [-0.2, -0.15) is 0 Å². The smallest absolute Gasteiger partial charge is 0.262 e. The Balaban J connectivity index is 1.51. The third-order valence-electron chi connectivity index (χ3n) is 4.36. The minimum atomic E-state index is -0.950. The molecule has 0 atom stereocenters. The van der Waals surface area contributed by atoms with Gasteiger partial charge >= 0.3 is 0 Å². The first kappa shape index (κ1) is 19.4. The maximum atomic E-state index is 13.7. The van der Waals surface area contributed by atoms with E-state index >= 15 is 0 Å². The van der Waals surface area contributed by atoms with Crippen LogP contribution in [-0.2, 0) is 0 Å². The van der Waals surface area contributed by atoms with Gasteiger partial charge in [-0.25, -0.2) is 18.7 Å². The maximum absolute atomic E-state index is 13.7. The van der Waals surface area contributed by atoms with E-state index in [0.717, 1.165) is 29.4 Å². The zero-order valence-electron chi connectivity index (χ0n) is 14.9. The normalized spacial score (nSPS) is 14.2. The first-order valence-corrected chi connectivity index (χ1v) is 9.88. The van der Waals surface area contributed by atoms with E-state index in [2.05, 4.69) is 25.2 Å². The van der Waals surface area contributed by atoms with Crippen molar-refractivity contribution in [1.82, 2.24) is 15.0 Å². The Morgan fingerprint density at radius 3 is 2.62 bits per heavy atom. The van der Waals surface area contributed by atoms with Crippen LogP contribution in [0.5, 0.6) is 0 Å². The Kier molecular flexibility index (Phi) is 5.50. The summed E-state index contributed by atoms with van der Waals surface area (Å²) in [5, 5.41) is 5.85. The fraction of sp³-hybridized carbons (Fsp3) is 0.158. The van der Waals surface area contributed by atoms with Gasteiger partial charge in [0.25, 0.3) is 5.91 Å². The molecular weight excluding hydrogens is 420 g/mol. The van der Waals surface area contributed by atoms with E-state index < -0.39 is 23.1 Å². The number of anilines is 2. The van der Waals surface area contributed by atoms with Crippen molar-refractivity contribution in [3.8, 4) is 0 Å². The van der Waals surface area contributed by atoms with Crippen LogP contribution in [0.1, 0.15) is 22.5 Å². The van der Waals surface area contributed by atoms with Crippen molar-refractivity contribution in [2.45, 2.75) is 6.42 Å². The van der Waals surface area contributed by atoms with Crippen molar-refractivity contribution in [3.63, 3.8) is 0 Å². The third kappa shape index (κ3) is 4.10. The van der Waals surface area contributed by atoms with Crippen molar-refractivity contribution < 1.29 is 13.6 Å². The molecule has 2 aromatic heterocycles. The van der Waals surface area contributed by atoms with Gasteiger partial charge in [0, 0.05) is 41.7 Å². The lowest BCUT2D eigenvalue weighted by Crippen LogP contribution is -2.30. The molecule has 3 heterocycles. The lowest BCUT2D eigenvalue weighted by molar-refractivity contribution is 0.101. The number of nitrogens with one attached hydrogen (secondary N) is 1. The summed E-state index contributed by atoms with van der Waals surface area (Å²) < 4.78 is 27.5. The molecule has 0 spiro atoms. The van der Waals surface area contributed by atoms with E-state index in [4.69, 9.17) is 11.6 Å². The summed E-state index contributed by atoms with van der Waals surface area (Å²) in [5.41, 5.74) is 0.709. The monoisotopic (exact) mass is 433 g/mol. The Bertz CT molecular complexity index is 1050. The molecule has 148 valence electrons. The van der Waals surface area contributed by atoms with Crippen molar-refractivity contribution >= 4 is 45.4 Å². The summed E-state index contributed by atoms with van der Waals surface area (Å²) in [6.45, 7) is 1.29. The summed E-state index contributed by atoms with van der Waals surface area (Å²) in [4.78, 5) is 27.0. The molecule has 0 saturated carbocycles. The molecule has 1 amide bonds. The number of nitrogens with zero attached hydrogens (tertiary/aromatic N) is 4. The van der Waals surface area contributed by atoms with Crippen molar-refractivity contribution in [2.24, 2.45) is 0 Å². The second kappa shape index (κ2) is 8.22. The Hall–Kier alpha value is -2.91. The van der Waals surface area contributed by atoms with E-state index in [1.807, 2.05) is 5.38 Å². The van der Waals surface area contributed by atoms with Crippen LogP contribution in [0.3, 0.4) is 0 Å². The molecule has 1 aliphatic rings. The predicted molar refractivity (Wildman–Crippen MR) is 108 cm³/mol. The lowest BCUT2D eigenvalue weighted by atomic mass is 10.1. The number of hydrogen-bond donors (Lipinski definition) is 1. The highest BCUT2D eigenvalue weighted by atomic mass is 35.5. The van der Waals surface area contributed by atoms with Gasteiger partial charge in [-0.05, 0) is 12.1 Å². The summed E-state index contributed by atoms with van der Waals surface area (Å²) in [7, 11) is 0. The molecule has 0 unspecified atom stereocenters. The Morgan fingerprint density at radius 1 is 1.17 bits per heavy atom. The largest absolute Gasteiger partial charge is 0.343 e. The SMILES string of the molecule is O=C(Nc1cnc(C2=C(Cl)CCN(c3nccs3)C2)cn1)c1c(F)cccc1F. The zero-order valence-corrected chi connectivity index (χ0v) is 16.5. The van der Waals surface area contributed by atoms with Crippen LogP contribution in [0, 0.1) is 11.6 Å². The van der Waals surface area contributed by atoms with Gasteiger partial charge < -0.3 is 10.2 Å². The fourth-order valence-electron chi connectivity index (χ4n) is 2.94. The molecule has 1 N–H and O–H groups in total. The number of benzene rings is 1. The van der Waals surface area contributed by atoms with E-state index in [1.54, 1.807) is 17.5 Å². The summed E-state index contributed by atoms with van der Waals surface area (Å²) in [6.07, 6.45) is 5.19. The second-order valence-electron chi connectivity index (χ2n) is 6.21. The summed E-state index contributed by atoms with van der Waals surface area (Å²) in [5.74, 6) is -2.76. The molecule has 3 aromatic rings. The van der Waals surface area contributed by atoms with Crippen LogP contribution in [0.25, 0.3) is 5.57 Å². The average molecular weight is 434 g/mol. The Labute approximate surface area is 173 Å². The molecule has 0 radical (unpaired) electrons. The number of hydrogen-bond acceptors (Lipinski definition) is 6. The number of carbonyl (C=O) groups is 1. The number of halogens is 3. The average Bonchev–Trinajstić information content (AvgIpc) is 3.24. The number of carbonyl (C=O) groups excluding carboxylic acids is 1. The van der Waals surface area contributed by atoms with Crippen LogP contribution in [0.15, 0.2) is 47.2 Å². The molecule has 0 aliphatic carbocycles. The van der Waals surface area contributed by atoms with Gasteiger partial charge in [0.05, 0.1) is 18.1 Å². The van der Waals surface area contributed by atoms with Gasteiger partial charge in [0.1, 0.15) is 17.2 Å². The van der Waals surface area contributed by atoms with Gasteiger partial charge in [-0.15, -0.1) is 11.3 Å². The fourth-order valence-corrected chi connectivity index (χ4v) is 3.85. The number of aromatic nitrogens is 3. The number of amides is 1. The predicted octanol–water partition coefficient (Wildman–Crippen LogP) is 4.32. The van der Waals surface area contributed by atoms with E-state index in [1.165, 1.54) is 18.5 Å².